The van der Waals surface area contributed by atoms with Crippen LogP contribution in [0.5, 0.6) is 0 Å². The molecule has 1 rings (SSSR count). The third-order valence-electron chi connectivity index (χ3n) is 2.62. The Morgan fingerprint density at radius 2 is 1.69 bits per heavy atom. The van der Waals surface area contributed by atoms with E-state index < -0.39 is 0 Å². The molecule has 2 nitrogen and oxygen atoms in total. The fraction of sp³-hybridized carbons (Fsp3) is 0.750. The van der Waals surface area contributed by atoms with Crippen LogP contribution in [0.2, 0.25) is 5.02 Å². The van der Waals surface area contributed by atoms with Crippen LogP contribution >= 0.6 is 27.5 Å². The molecule has 0 N–H and O–H groups in total. The Morgan fingerprint density at radius 3 is 2.25 bits per heavy atom. The number of unbranched alkanes of at least 4 members (excludes halogenated alkanes) is 6. The van der Waals surface area contributed by atoms with Crippen molar-refractivity contribution in [2.75, 3.05) is 5.33 Å². The third kappa shape index (κ3) is 6.54. The van der Waals surface area contributed by atoms with Crippen LogP contribution in [0.1, 0.15) is 44.9 Å². The number of alkyl halides is 1. The maximum absolute atomic E-state index is 5.78. The SMILES string of the molecule is Clc1cnn(CCCCCCCCCBr)c1. The zero-order valence-electron chi connectivity index (χ0n) is 9.67. The molecule has 16 heavy (non-hydrogen) atoms. The first-order valence-electron chi connectivity index (χ1n) is 6.07. The minimum absolute atomic E-state index is 0.731. The van der Waals surface area contributed by atoms with Crippen LogP contribution < -0.4 is 0 Å². The van der Waals surface area contributed by atoms with Crippen molar-refractivity contribution in [3.05, 3.63) is 17.4 Å². The number of hydrogen-bond donors (Lipinski definition) is 0. The van der Waals surface area contributed by atoms with Crippen LogP contribution in [-0.4, -0.2) is 15.1 Å². The zero-order valence-corrected chi connectivity index (χ0v) is 12.0. The van der Waals surface area contributed by atoms with E-state index >= 15 is 0 Å². The topological polar surface area (TPSA) is 17.8 Å². The molecule has 0 fully saturated rings. The molecule has 1 aromatic rings. The highest BCUT2D eigenvalue weighted by atomic mass is 79.9. The molecule has 0 saturated heterocycles. The van der Waals surface area contributed by atoms with Crippen molar-refractivity contribution in [2.24, 2.45) is 0 Å². The van der Waals surface area contributed by atoms with Gasteiger partial charge in [-0.1, -0.05) is 59.6 Å². The Kier molecular flexibility index (Phi) is 7.95. The molecule has 0 aliphatic rings. The Bertz CT molecular complexity index is 276. The zero-order chi connectivity index (χ0) is 11.6. The van der Waals surface area contributed by atoms with Crippen LogP contribution in [-0.2, 0) is 6.54 Å². The van der Waals surface area contributed by atoms with Crippen molar-refractivity contribution in [3.63, 3.8) is 0 Å². The van der Waals surface area contributed by atoms with E-state index in [1.54, 1.807) is 6.20 Å². The van der Waals surface area contributed by atoms with Gasteiger partial charge in [0.2, 0.25) is 0 Å². The van der Waals surface area contributed by atoms with E-state index in [9.17, 15) is 0 Å². The standard InChI is InChI=1S/C12H20BrClN2/c13-8-6-4-2-1-3-5-7-9-16-11-12(14)10-15-16/h10-11H,1-9H2. The maximum atomic E-state index is 5.78. The van der Waals surface area contributed by atoms with E-state index in [2.05, 4.69) is 21.0 Å². The van der Waals surface area contributed by atoms with Gasteiger partial charge >= 0.3 is 0 Å². The molecule has 0 bridgehead atoms. The van der Waals surface area contributed by atoms with Crippen LogP contribution in [0.3, 0.4) is 0 Å². The Labute approximate surface area is 111 Å². The average molecular weight is 308 g/mol. The molecule has 4 heteroatoms. The highest BCUT2D eigenvalue weighted by Crippen LogP contribution is 2.10. The lowest BCUT2D eigenvalue weighted by Crippen LogP contribution is -1.97. The minimum Gasteiger partial charge on any atom is -0.271 e. The number of halogens is 2. The summed E-state index contributed by atoms with van der Waals surface area (Å²) in [5, 5.41) is 6.03. The van der Waals surface area contributed by atoms with Crippen molar-refractivity contribution in [2.45, 2.75) is 51.5 Å². The first-order chi connectivity index (χ1) is 7.83. The van der Waals surface area contributed by atoms with Gasteiger partial charge in [0.25, 0.3) is 0 Å². The highest BCUT2D eigenvalue weighted by molar-refractivity contribution is 9.09. The Morgan fingerprint density at radius 1 is 1.06 bits per heavy atom. The minimum atomic E-state index is 0.731. The summed E-state index contributed by atoms with van der Waals surface area (Å²) in [7, 11) is 0. The molecule has 0 aliphatic carbocycles. The molecular weight excluding hydrogens is 288 g/mol. The lowest BCUT2D eigenvalue weighted by atomic mass is 10.1. The van der Waals surface area contributed by atoms with Gasteiger partial charge in [0.15, 0.2) is 0 Å². The van der Waals surface area contributed by atoms with E-state index in [0.717, 1.165) is 16.9 Å². The summed E-state index contributed by atoms with van der Waals surface area (Å²) in [4.78, 5) is 0. The molecule has 0 aromatic carbocycles. The summed E-state index contributed by atoms with van der Waals surface area (Å²) in [6, 6.07) is 0. The Hall–Kier alpha value is -0.0200. The average Bonchev–Trinajstić information content (AvgIpc) is 2.68. The smallest absolute Gasteiger partial charge is 0.0785 e. The fourth-order valence-corrected chi connectivity index (χ4v) is 2.27. The monoisotopic (exact) mass is 306 g/mol. The van der Waals surface area contributed by atoms with Gasteiger partial charge in [-0.25, -0.2) is 0 Å². The highest BCUT2D eigenvalue weighted by Gasteiger charge is 1.95. The number of nitrogens with zero attached hydrogens (tertiary/aromatic N) is 2. The summed E-state index contributed by atoms with van der Waals surface area (Å²) in [6.45, 7) is 0.994. The van der Waals surface area contributed by atoms with Crippen molar-refractivity contribution in [3.8, 4) is 0 Å². The van der Waals surface area contributed by atoms with Gasteiger partial charge in [-0.05, 0) is 12.8 Å². The van der Waals surface area contributed by atoms with E-state index in [-0.39, 0.29) is 0 Å². The summed E-state index contributed by atoms with van der Waals surface area (Å²) in [5.74, 6) is 0. The predicted molar refractivity (Wildman–Crippen MR) is 73.4 cm³/mol. The molecule has 1 aromatic heterocycles. The lowest BCUT2D eigenvalue weighted by molar-refractivity contribution is 0.523. The van der Waals surface area contributed by atoms with Crippen molar-refractivity contribution in [1.82, 2.24) is 9.78 Å². The van der Waals surface area contributed by atoms with Crippen molar-refractivity contribution < 1.29 is 0 Å². The summed E-state index contributed by atoms with van der Waals surface area (Å²) < 4.78 is 1.92. The van der Waals surface area contributed by atoms with Gasteiger partial charge < -0.3 is 0 Å². The fourth-order valence-electron chi connectivity index (χ4n) is 1.71. The quantitative estimate of drug-likeness (QED) is 0.479. The maximum Gasteiger partial charge on any atom is 0.0785 e. The second-order valence-corrected chi connectivity index (χ2v) is 5.31. The largest absolute Gasteiger partial charge is 0.271 e. The first kappa shape index (κ1) is 14.0. The number of rotatable bonds is 9. The first-order valence-corrected chi connectivity index (χ1v) is 7.57. The van der Waals surface area contributed by atoms with Gasteiger partial charge in [-0.3, -0.25) is 4.68 Å². The van der Waals surface area contributed by atoms with Crippen LogP contribution in [0.4, 0.5) is 0 Å². The molecule has 92 valence electrons. The van der Waals surface area contributed by atoms with Gasteiger partial charge in [-0.15, -0.1) is 0 Å². The summed E-state index contributed by atoms with van der Waals surface area (Å²) in [6.07, 6.45) is 12.8. The van der Waals surface area contributed by atoms with E-state index in [1.165, 1.54) is 44.9 Å². The number of aromatic nitrogens is 2. The molecule has 0 atom stereocenters. The van der Waals surface area contributed by atoms with Crippen LogP contribution in [0.25, 0.3) is 0 Å². The van der Waals surface area contributed by atoms with Gasteiger partial charge in [0.05, 0.1) is 11.2 Å². The molecular formula is C12H20BrClN2. The second kappa shape index (κ2) is 9.06. The molecule has 0 amide bonds. The third-order valence-corrected chi connectivity index (χ3v) is 3.38. The molecule has 0 spiro atoms. The molecule has 0 aliphatic heterocycles. The van der Waals surface area contributed by atoms with Crippen LogP contribution in [0, 0.1) is 0 Å². The lowest BCUT2D eigenvalue weighted by Gasteiger charge is -2.02. The second-order valence-electron chi connectivity index (χ2n) is 4.09. The molecule has 0 radical (unpaired) electrons. The van der Waals surface area contributed by atoms with Crippen molar-refractivity contribution >= 4 is 27.5 Å². The summed E-state index contributed by atoms with van der Waals surface area (Å²) >= 11 is 9.24. The molecule has 0 saturated carbocycles. The Balaban J connectivity index is 1.88. The molecule has 0 unspecified atom stereocenters. The number of hydrogen-bond acceptors (Lipinski definition) is 1. The van der Waals surface area contributed by atoms with Gasteiger partial charge in [0, 0.05) is 18.1 Å². The predicted octanol–water partition coefficient (Wildman–Crippen LogP) is 4.66. The van der Waals surface area contributed by atoms with Crippen LogP contribution in [0.15, 0.2) is 12.4 Å². The van der Waals surface area contributed by atoms with Gasteiger partial charge in [-0.2, -0.15) is 5.10 Å². The van der Waals surface area contributed by atoms with E-state index in [0.29, 0.717) is 0 Å². The van der Waals surface area contributed by atoms with E-state index in [1.807, 2.05) is 10.9 Å². The van der Waals surface area contributed by atoms with Crippen molar-refractivity contribution in [1.29, 1.82) is 0 Å². The number of aryl methyl sites for hydroxylation is 1. The normalized spacial score (nSPS) is 10.9. The molecule has 1 heterocycles. The van der Waals surface area contributed by atoms with Gasteiger partial charge in [0.1, 0.15) is 0 Å². The summed E-state index contributed by atoms with van der Waals surface area (Å²) in [5.41, 5.74) is 0. The van der Waals surface area contributed by atoms with E-state index in [4.69, 9.17) is 11.6 Å².